The van der Waals surface area contributed by atoms with Crippen molar-refractivity contribution in [2.75, 3.05) is 0 Å². The third kappa shape index (κ3) is 2.51. The fourth-order valence-corrected chi connectivity index (χ4v) is 1.56. The molecule has 70 valence electrons. The Morgan fingerprint density at radius 3 is 2.23 bits per heavy atom. The Hall–Kier alpha value is -1.43. The average molecular weight is 201 g/mol. The third-order valence-electron chi connectivity index (χ3n) is 1.42. The molecule has 0 aliphatic heterocycles. The SMILES string of the molecule is O=[N+]([O-])S(=O)(=O)Cc1ccccc1. The first kappa shape index (κ1) is 9.66. The van der Waals surface area contributed by atoms with E-state index in [4.69, 9.17) is 0 Å². The number of nitrogens with zero attached hydrogens (tertiary/aromatic N) is 1. The van der Waals surface area contributed by atoms with Crippen molar-refractivity contribution in [2.24, 2.45) is 0 Å². The Labute approximate surface area is 75.2 Å². The van der Waals surface area contributed by atoms with Crippen molar-refractivity contribution in [3.63, 3.8) is 0 Å². The molecule has 0 radical (unpaired) electrons. The molecule has 0 spiro atoms. The van der Waals surface area contributed by atoms with E-state index in [1.165, 1.54) is 12.1 Å². The van der Waals surface area contributed by atoms with Crippen molar-refractivity contribution in [3.8, 4) is 0 Å². The average Bonchev–Trinajstić information content (AvgIpc) is 2.05. The maximum atomic E-state index is 10.8. The van der Waals surface area contributed by atoms with Crippen LogP contribution in [0.2, 0.25) is 0 Å². The van der Waals surface area contributed by atoms with Crippen LogP contribution >= 0.6 is 0 Å². The predicted molar refractivity (Wildman–Crippen MR) is 46.1 cm³/mol. The van der Waals surface area contributed by atoms with Crippen LogP contribution in [-0.4, -0.2) is 12.7 Å². The Kier molecular flexibility index (Phi) is 2.62. The van der Waals surface area contributed by atoms with Crippen LogP contribution in [0.15, 0.2) is 30.3 Å². The summed E-state index contributed by atoms with van der Waals surface area (Å²) in [5.41, 5.74) is 0.416. The summed E-state index contributed by atoms with van der Waals surface area (Å²) >= 11 is 0. The smallest absolute Gasteiger partial charge is 0.247 e. The minimum atomic E-state index is -4.23. The molecule has 0 aliphatic carbocycles. The molecule has 0 N–H and O–H groups in total. The lowest BCUT2D eigenvalue weighted by molar-refractivity contribution is -0.305. The summed E-state index contributed by atoms with van der Waals surface area (Å²) in [4.78, 5) is 10.0. The lowest BCUT2D eigenvalue weighted by Gasteiger charge is -1.95. The van der Waals surface area contributed by atoms with Crippen LogP contribution in [0.3, 0.4) is 0 Å². The molecule has 0 saturated heterocycles. The van der Waals surface area contributed by atoms with Crippen LogP contribution in [0, 0.1) is 10.1 Å². The zero-order valence-electron chi connectivity index (χ0n) is 6.58. The summed E-state index contributed by atoms with van der Waals surface area (Å²) in [5, 5.41) is 10.0. The lowest BCUT2D eigenvalue weighted by Crippen LogP contribution is -2.14. The van der Waals surface area contributed by atoms with Gasteiger partial charge in [0.05, 0.1) is 0 Å². The largest absolute Gasteiger partial charge is 0.421 e. The van der Waals surface area contributed by atoms with Gasteiger partial charge in [-0.3, -0.25) is 0 Å². The highest BCUT2D eigenvalue weighted by Crippen LogP contribution is 2.05. The molecular formula is C7H7NO4S. The van der Waals surface area contributed by atoms with E-state index in [-0.39, 0.29) is 0 Å². The maximum absolute atomic E-state index is 10.8. The Balaban J connectivity index is 2.88. The second-order valence-electron chi connectivity index (χ2n) is 2.44. The van der Waals surface area contributed by atoms with Gasteiger partial charge in [-0.2, -0.15) is 8.42 Å². The van der Waals surface area contributed by atoms with Crippen LogP contribution in [0.5, 0.6) is 0 Å². The topological polar surface area (TPSA) is 77.3 Å². The summed E-state index contributed by atoms with van der Waals surface area (Å²) in [5.74, 6) is -0.555. The van der Waals surface area contributed by atoms with Crippen LogP contribution in [0.25, 0.3) is 0 Å². The summed E-state index contributed by atoms with van der Waals surface area (Å²) in [6.45, 7) is 0. The molecule has 0 aliphatic rings. The monoisotopic (exact) mass is 201 g/mol. The first-order chi connectivity index (χ1) is 6.02. The molecule has 1 rings (SSSR count). The van der Waals surface area contributed by atoms with E-state index in [1.807, 2.05) is 0 Å². The van der Waals surface area contributed by atoms with Gasteiger partial charge in [-0.15, -0.1) is 0 Å². The van der Waals surface area contributed by atoms with E-state index >= 15 is 0 Å². The fraction of sp³-hybridized carbons (Fsp3) is 0.143. The van der Waals surface area contributed by atoms with E-state index in [9.17, 15) is 18.5 Å². The van der Waals surface area contributed by atoms with Gasteiger partial charge >= 0.3 is 10.0 Å². The van der Waals surface area contributed by atoms with Gasteiger partial charge < -0.3 is 0 Å². The summed E-state index contributed by atoms with van der Waals surface area (Å²) in [7, 11) is -4.23. The normalized spacial score (nSPS) is 11.1. The highest BCUT2D eigenvalue weighted by Gasteiger charge is 2.23. The molecule has 0 fully saturated rings. The van der Waals surface area contributed by atoms with E-state index in [0.29, 0.717) is 5.56 Å². The van der Waals surface area contributed by atoms with Gasteiger partial charge in [0.25, 0.3) is 0 Å². The standard InChI is InChI=1S/C7H7NO4S/c9-8(10)13(11,12)6-7-4-2-1-3-5-7/h1-5H,6H2. The van der Waals surface area contributed by atoms with Crippen molar-refractivity contribution < 1.29 is 12.7 Å². The van der Waals surface area contributed by atoms with E-state index in [1.54, 1.807) is 18.2 Å². The number of sulfonamides is 1. The van der Waals surface area contributed by atoms with E-state index in [0.717, 1.165) is 0 Å². The minimum Gasteiger partial charge on any atom is -0.247 e. The van der Waals surface area contributed by atoms with Gasteiger partial charge in [-0.1, -0.05) is 30.3 Å². The molecule has 13 heavy (non-hydrogen) atoms. The van der Waals surface area contributed by atoms with E-state index < -0.39 is 20.1 Å². The maximum Gasteiger partial charge on any atom is 0.421 e. The highest BCUT2D eigenvalue weighted by atomic mass is 32.2. The third-order valence-corrected chi connectivity index (χ3v) is 2.57. The molecule has 0 aromatic heterocycles. The van der Waals surface area contributed by atoms with Crippen molar-refractivity contribution in [1.29, 1.82) is 0 Å². The number of nitro groups is 1. The number of benzene rings is 1. The first-order valence-corrected chi connectivity index (χ1v) is 5.04. The van der Waals surface area contributed by atoms with Crippen molar-refractivity contribution in [2.45, 2.75) is 5.75 Å². The van der Waals surface area contributed by atoms with Crippen molar-refractivity contribution >= 4 is 10.0 Å². The van der Waals surface area contributed by atoms with Gasteiger partial charge in [0.2, 0.25) is 0 Å². The van der Waals surface area contributed by atoms with Crippen LogP contribution in [0.4, 0.5) is 0 Å². The van der Waals surface area contributed by atoms with Crippen LogP contribution < -0.4 is 0 Å². The molecule has 6 heteroatoms. The zero-order valence-corrected chi connectivity index (χ0v) is 7.40. The molecule has 1 aromatic rings. The summed E-state index contributed by atoms with van der Waals surface area (Å²) in [6, 6.07) is 8.03. The Morgan fingerprint density at radius 2 is 1.77 bits per heavy atom. The second kappa shape index (κ2) is 3.53. The highest BCUT2D eigenvalue weighted by molar-refractivity contribution is 7.84. The van der Waals surface area contributed by atoms with Gasteiger partial charge in [-0.25, -0.2) is 10.1 Å². The quantitative estimate of drug-likeness (QED) is 0.535. The van der Waals surface area contributed by atoms with Gasteiger partial charge in [0, 0.05) is 0 Å². The van der Waals surface area contributed by atoms with Crippen LogP contribution in [-0.2, 0) is 15.8 Å². The Morgan fingerprint density at radius 1 is 1.23 bits per heavy atom. The van der Waals surface area contributed by atoms with Gasteiger partial charge in [0.1, 0.15) is 5.75 Å². The Bertz CT molecular complexity index is 398. The molecule has 5 nitrogen and oxygen atoms in total. The van der Waals surface area contributed by atoms with Crippen molar-refractivity contribution in [1.82, 2.24) is 0 Å². The zero-order chi connectivity index (χ0) is 9.90. The summed E-state index contributed by atoms with van der Waals surface area (Å²) in [6.07, 6.45) is 0. The minimum absolute atomic E-state index is 0.416. The number of hydrogen-bond donors (Lipinski definition) is 0. The molecule has 1 aromatic carbocycles. The molecule has 0 heterocycles. The predicted octanol–water partition coefficient (Wildman–Crippen LogP) is 0.793. The molecule has 0 bridgehead atoms. The van der Waals surface area contributed by atoms with Crippen molar-refractivity contribution in [3.05, 3.63) is 46.0 Å². The molecule has 0 atom stereocenters. The first-order valence-electron chi connectivity index (χ1n) is 3.43. The molecule has 0 amide bonds. The van der Waals surface area contributed by atoms with Gasteiger partial charge in [-0.05, 0) is 5.56 Å². The van der Waals surface area contributed by atoms with Gasteiger partial charge in [0.15, 0.2) is 4.33 Å². The second-order valence-corrected chi connectivity index (χ2v) is 4.19. The fourth-order valence-electron chi connectivity index (χ4n) is 0.838. The van der Waals surface area contributed by atoms with Crippen LogP contribution in [0.1, 0.15) is 5.56 Å². The summed E-state index contributed by atoms with van der Waals surface area (Å²) < 4.78 is 20.3. The molecule has 0 unspecified atom stereocenters. The lowest BCUT2D eigenvalue weighted by atomic mass is 10.2. The molecule has 0 saturated carbocycles. The molecular weight excluding hydrogens is 194 g/mol. The van der Waals surface area contributed by atoms with E-state index in [2.05, 4.69) is 0 Å². The number of rotatable bonds is 3. The number of hydrogen-bond acceptors (Lipinski definition) is 4.